The van der Waals surface area contributed by atoms with E-state index in [0.717, 1.165) is 36.9 Å². The van der Waals surface area contributed by atoms with E-state index < -0.39 is 0 Å². The fraction of sp³-hybridized carbons (Fsp3) is 0.606. The molecule has 0 heterocycles. The molecule has 1 atom stereocenters. The van der Waals surface area contributed by atoms with E-state index in [4.69, 9.17) is 14.2 Å². The van der Waals surface area contributed by atoms with E-state index >= 15 is 0 Å². The van der Waals surface area contributed by atoms with E-state index in [1.165, 1.54) is 64.2 Å². The largest absolute Gasteiger partial charge is 0.494 e. The van der Waals surface area contributed by atoms with Crippen molar-refractivity contribution in [3.8, 4) is 17.2 Å². The van der Waals surface area contributed by atoms with Gasteiger partial charge in [0.15, 0.2) is 0 Å². The SMILES string of the molecule is CCCCCCCC1CCC(COc2ccc(OC(=O)c3ccc(OCC[C@@H](C)CC)cc3)cc2)CC1. The zero-order valence-electron chi connectivity index (χ0n) is 23.4. The Morgan fingerprint density at radius 2 is 1.38 bits per heavy atom. The number of unbranched alkanes of at least 4 members (excludes halogenated alkanes) is 4. The molecule has 0 bridgehead atoms. The topological polar surface area (TPSA) is 44.8 Å². The lowest BCUT2D eigenvalue weighted by Crippen LogP contribution is -2.20. The maximum absolute atomic E-state index is 12.5. The second-order valence-electron chi connectivity index (χ2n) is 10.9. The first-order valence-electron chi connectivity index (χ1n) is 14.7. The smallest absolute Gasteiger partial charge is 0.343 e. The number of benzene rings is 2. The van der Waals surface area contributed by atoms with E-state index in [0.29, 0.717) is 29.8 Å². The Bertz CT molecular complexity index is 882. The summed E-state index contributed by atoms with van der Waals surface area (Å²) in [5.41, 5.74) is 0.506. The third-order valence-electron chi connectivity index (χ3n) is 7.87. The van der Waals surface area contributed by atoms with Gasteiger partial charge in [0, 0.05) is 0 Å². The number of carbonyl (C=O) groups excluding carboxylic acids is 1. The third kappa shape index (κ3) is 10.8. The first kappa shape index (κ1) is 29.1. The van der Waals surface area contributed by atoms with Gasteiger partial charge in [-0.25, -0.2) is 4.79 Å². The van der Waals surface area contributed by atoms with Crippen molar-refractivity contribution in [1.82, 2.24) is 0 Å². The molecule has 0 saturated heterocycles. The predicted octanol–water partition coefficient (Wildman–Crippen LogP) is 9.27. The maximum atomic E-state index is 12.5. The number of ether oxygens (including phenoxy) is 3. The molecular formula is C33H48O4. The van der Waals surface area contributed by atoms with Crippen LogP contribution in [0, 0.1) is 17.8 Å². The Kier molecular flexibility index (Phi) is 12.9. The molecule has 0 radical (unpaired) electrons. The van der Waals surface area contributed by atoms with Crippen molar-refractivity contribution in [2.45, 2.75) is 97.8 Å². The second-order valence-corrected chi connectivity index (χ2v) is 10.9. The molecule has 37 heavy (non-hydrogen) atoms. The molecule has 4 heteroatoms. The van der Waals surface area contributed by atoms with Gasteiger partial charge in [-0.05, 0) is 85.5 Å². The van der Waals surface area contributed by atoms with Gasteiger partial charge in [0.2, 0.25) is 0 Å². The molecule has 0 aliphatic heterocycles. The molecule has 4 nitrogen and oxygen atoms in total. The van der Waals surface area contributed by atoms with Gasteiger partial charge in [-0.15, -0.1) is 0 Å². The van der Waals surface area contributed by atoms with E-state index in [-0.39, 0.29) is 5.97 Å². The summed E-state index contributed by atoms with van der Waals surface area (Å²) >= 11 is 0. The molecule has 1 saturated carbocycles. The van der Waals surface area contributed by atoms with E-state index in [1.807, 2.05) is 24.3 Å². The van der Waals surface area contributed by atoms with Crippen molar-refractivity contribution < 1.29 is 19.0 Å². The van der Waals surface area contributed by atoms with Gasteiger partial charge in [0.1, 0.15) is 17.2 Å². The average Bonchev–Trinajstić information content (AvgIpc) is 2.93. The minimum absolute atomic E-state index is 0.373. The van der Waals surface area contributed by atoms with Crippen LogP contribution in [0.5, 0.6) is 17.2 Å². The number of hydrogen-bond acceptors (Lipinski definition) is 4. The summed E-state index contributed by atoms with van der Waals surface area (Å²) in [6, 6.07) is 14.5. The normalized spacial score (nSPS) is 18.2. The summed E-state index contributed by atoms with van der Waals surface area (Å²) < 4.78 is 17.4. The van der Waals surface area contributed by atoms with Crippen LogP contribution < -0.4 is 14.2 Å². The van der Waals surface area contributed by atoms with Crippen LogP contribution in [0.3, 0.4) is 0 Å². The third-order valence-corrected chi connectivity index (χ3v) is 7.87. The molecule has 204 valence electrons. The Balaban J connectivity index is 1.33. The van der Waals surface area contributed by atoms with E-state index in [1.54, 1.807) is 24.3 Å². The van der Waals surface area contributed by atoms with Gasteiger partial charge in [-0.3, -0.25) is 0 Å². The zero-order valence-corrected chi connectivity index (χ0v) is 23.4. The lowest BCUT2D eigenvalue weighted by atomic mass is 9.80. The Labute approximate surface area is 225 Å². The number of hydrogen-bond donors (Lipinski definition) is 0. The molecule has 3 rings (SSSR count). The summed E-state index contributed by atoms with van der Waals surface area (Å²) in [6.07, 6.45) is 15.8. The second kappa shape index (κ2) is 16.4. The summed E-state index contributed by atoms with van der Waals surface area (Å²) in [4.78, 5) is 12.5. The fourth-order valence-electron chi connectivity index (χ4n) is 4.98. The molecule has 2 aromatic rings. The Morgan fingerprint density at radius 3 is 2.05 bits per heavy atom. The van der Waals surface area contributed by atoms with Gasteiger partial charge < -0.3 is 14.2 Å². The standard InChI is InChI=1S/C33H48O4/c1-4-6-7-8-9-10-27-11-13-28(14-12-27)25-36-31-19-21-32(22-20-31)37-33(34)29-15-17-30(18-16-29)35-24-23-26(3)5-2/h15-22,26-28H,4-14,23-25H2,1-3H3/t26-,27?,28?/m0/s1. The van der Waals surface area contributed by atoms with E-state index in [9.17, 15) is 4.79 Å². The number of esters is 1. The predicted molar refractivity (Wildman–Crippen MR) is 152 cm³/mol. The molecule has 0 spiro atoms. The van der Waals surface area contributed by atoms with Crippen LogP contribution in [0.1, 0.15) is 108 Å². The van der Waals surface area contributed by atoms with Crippen molar-refractivity contribution in [2.24, 2.45) is 17.8 Å². The van der Waals surface area contributed by atoms with Crippen molar-refractivity contribution in [2.75, 3.05) is 13.2 Å². The molecule has 0 unspecified atom stereocenters. The van der Waals surface area contributed by atoms with Crippen molar-refractivity contribution >= 4 is 5.97 Å². The lowest BCUT2D eigenvalue weighted by molar-refractivity contribution is 0.0734. The summed E-state index contributed by atoms with van der Waals surface area (Å²) in [5, 5.41) is 0. The van der Waals surface area contributed by atoms with Crippen LogP contribution in [-0.4, -0.2) is 19.2 Å². The van der Waals surface area contributed by atoms with Gasteiger partial charge in [-0.2, -0.15) is 0 Å². The first-order chi connectivity index (χ1) is 18.1. The van der Waals surface area contributed by atoms with Crippen LogP contribution in [-0.2, 0) is 0 Å². The van der Waals surface area contributed by atoms with Gasteiger partial charge >= 0.3 is 5.97 Å². The highest BCUT2D eigenvalue weighted by Crippen LogP contribution is 2.32. The summed E-state index contributed by atoms with van der Waals surface area (Å²) in [7, 11) is 0. The first-order valence-corrected chi connectivity index (χ1v) is 14.7. The Hall–Kier alpha value is -2.49. The molecule has 0 aromatic heterocycles. The quantitative estimate of drug-likeness (QED) is 0.129. The average molecular weight is 509 g/mol. The molecule has 1 aliphatic rings. The van der Waals surface area contributed by atoms with Crippen molar-refractivity contribution in [3.05, 3.63) is 54.1 Å². The van der Waals surface area contributed by atoms with Gasteiger partial charge in [0.25, 0.3) is 0 Å². The van der Waals surface area contributed by atoms with Crippen LogP contribution in [0.25, 0.3) is 0 Å². The van der Waals surface area contributed by atoms with Crippen molar-refractivity contribution in [1.29, 1.82) is 0 Å². The van der Waals surface area contributed by atoms with Crippen LogP contribution in [0.4, 0.5) is 0 Å². The minimum atomic E-state index is -0.373. The number of carbonyl (C=O) groups is 1. The van der Waals surface area contributed by atoms with E-state index in [2.05, 4.69) is 20.8 Å². The molecule has 0 amide bonds. The van der Waals surface area contributed by atoms with Crippen LogP contribution >= 0.6 is 0 Å². The summed E-state index contributed by atoms with van der Waals surface area (Å²) in [6.45, 7) is 8.15. The number of rotatable bonds is 16. The lowest BCUT2D eigenvalue weighted by Gasteiger charge is -2.28. The zero-order chi connectivity index (χ0) is 26.3. The summed E-state index contributed by atoms with van der Waals surface area (Å²) in [5.74, 6) is 3.98. The van der Waals surface area contributed by atoms with Gasteiger partial charge in [0.05, 0.1) is 18.8 Å². The van der Waals surface area contributed by atoms with Crippen molar-refractivity contribution in [3.63, 3.8) is 0 Å². The molecule has 1 fully saturated rings. The van der Waals surface area contributed by atoms with Gasteiger partial charge in [-0.1, -0.05) is 78.6 Å². The molecule has 2 aromatic carbocycles. The van der Waals surface area contributed by atoms with Crippen LogP contribution in [0.2, 0.25) is 0 Å². The Morgan fingerprint density at radius 1 is 0.784 bits per heavy atom. The van der Waals surface area contributed by atoms with Crippen LogP contribution in [0.15, 0.2) is 48.5 Å². The maximum Gasteiger partial charge on any atom is 0.343 e. The highest BCUT2D eigenvalue weighted by molar-refractivity contribution is 5.91. The highest BCUT2D eigenvalue weighted by Gasteiger charge is 2.21. The molecular weight excluding hydrogens is 460 g/mol. The highest BCUT2D eigenvalue weighted by atomic mass is 16.5. The molecule has 0 N–H and O–H groups in total. The minimum Gasteiger partial charge on any atom is -0.494 e. The molecule has 1 aliphatic carbocycles. The fourth-order valence-corrected chi connectivity index (χ4v) is 4.98. The monoisotopic (exact) mass is 508 g/mol.